The molecule has 2 rings (SSSR count). The number of benzene rings is 1. The van der Waals surface area contributed by atoms with E-state index in [4.69, 9.17) is 4.74 Å². The van der Waals surface area contributed by atoms with Crippen LogP contribution < -0.4 is 10.1 Å². The Bertz CT molecular complexity index is 619. The number of hydrogen-bond acceptors (Lipinski definition) is 3. The third-order valence-corrected chi connectivity index (χ3v) is 3.63. The van der Waals surface area contributed by atoms with Gasteiger partial charge in [-0.3, -0.25) is 0 Å². The Kier molecular flexibility index (Phi) is 5.70. The molecule has 112 valence electrons. The molecule has 0 saturated carbocycles. The maximum Gasteiger partial charge on any atom is 0.219 e. The van der Waals surface area contributed by atoms with E-state index in [0.717, 1.165) is 30.8 Å². The van der Waals surface area contributed by atoms with Crippen LogP contribution in [0.4, 0.5) is 4.39 Å². The molecular weight excluding hydrogens is 335 g/mol. The van der Waals surface area contributed by atoms with Gasteiger partial charge in [0, 0.05) is 18.3 Å². The van der Waals surface area contributed by atoms with E-state index >= 15 is 0 Å². The predicted octanol–water partition coefficient (Wildman–Crippen LogP) is 4.58. The molecule has 0 atom stereocenters. The quantitative estimate of drug-likeness (QED) is 0.772. The topological polar surface area (TPSA) is 34.1 Å². The minimum Gasteiger partial charge on any atom is -0.439 e. The normalized spacial score (nSPS) is 10.7. The molecule has 0 aliphatic rings. The van der Waals surface area contributed by atoms with E-state index in [-0.39, 0.29) is 5.82 Å². The van der Waals surface area contributed by atoms with Crippen molar-refractivity contribution in [3.05, 3.63) is 51.9 Å². The number of ether oxygens (including phenoxy) is 1. The van der Waals surface area contributed by atoms with Gasteiger partial charge in [-0.25, -0.2) is 9.37 Å². The zero-order valence-electron chi connectivity index (χ0n) is 12.1. The fourth-order valence-electron chi connectivity index (χ4n) is 1.87. The summed E-state index contributed by atoms with van der Waals surface area (Å²) in [6.07, 6.45) is 1.10. The summed E-state index contributed by atoms with van der Waals surface area (Å²) in [5.74, 6) is 0.737. The van der Waals surface area contributed by atoms with E-state index in [1.165, 1.54) is 6.07 Å². The van der Waals surface area contributed by atoms with Crippen LogP contribution in [-0.2, 0) is 6.54 Å². The zero-order valence-corrected chi connectivity index (χ0v) is 13.7. The number of halogens is 2. The molecule has 0 unspecified atom stereocenters. The lowest BCUT2D eigenvalue weighted by molar-refractivity contribution is 0.458. The third kappa shape index (κ3) is 4.51. The summed E-state index contributed by atoms with van der Waals surface area (Å²) in [5, 5.41) is 3.35. The fourth-order valence-corrected chi connectivity index (χ4v) is 2.23. The van der Waals surface area contributed by atoms with E-state index in [9.17, 15) is 4.39 Å². The van der Waals surface area contributed by atoms with E-state index in [2.05, 4.69) is 33.2 Å². The lowest BCUT2D eigenvalue weighted by Gasteiger charge is -2.10. The van der Waals surface area contributed by atoms with Gasteiger partial charge in [-0.1, -0.05) is 13.0 Å². The Labute approximate surface area is 132 Å². The van der Waals surface area contributed by atoms with Gasteiger partial charge < -0.3 is 10.1 Å². The molecule has 1 N–H and O–H groups in total. The summed E-state index contributed by atoms with van der Waals surface area (Å²) in [4.78, 5) is 4.43. The van der Waals surface area contributed by atoms with Gasteiger partial charge in [-0.05, 0) is 59.6 Å². The molecule has 5 heteroatoms. The maximum atomic E-state index is 13.2. The first-order valence-electron chi connectivity index (χ1n) is 6.90. The van der Waals surface area contributed by atoms with E-state index < -0.39 is 0 Å². The van der Waals surface area contributed by atoms with Crippen LogP contribution in [0.3, 0.4) is 0 Å². The lowest BCUT2D eigenvalue weighted by atomic mass is 10.2. The van der Waals surface area contributed by atoms with Crippen LogP contribution in [0.1, 0.15) is 24.6 Å². The average molecular weight is 353 g/mol. The largest absolute Gasteiger partial charge is 0.439 e. The van der Waals surface area contributed by atoms with Gasteiger partial charge in [0.25, 0.3) is 0 Å². The second-order valence-corrected chi connectivity index (χ2v) is 5.60. The maximum absolute atomic E-state index is 13.2. The van der Waals surface area contributed by atoms with Gasteiger partial charge in [0.15, 0.2) is 0 Å². The van der Waals surface area contributed by atoms with Crippen LogP contribution in [0.2, 0.25) is 0 Å². The SMILES string of the molecule is CCCNCc1ccc(Oc2ccc(F)c(Br)c2)nc1C. The summed E-state index contributed by atoms with van der Waals surface area (Å²) in [6, 6.07) is 8.35. The number of hydrogen-bond donors (Lipinski definition) is 1. The van der Waals surface area contributed by atoms with Crippen molar-refractivity contribution in [3.63, 3.8) is 0 Å². The Balaban J connectivity index is 2.07. The monoisotopic (exact) mass is 352 g/mol. The molecule has 0 aliphatic carbocycles. The van der Waals surface area contributed by atoms with Crippen LogP contribution in [0.15, 0.2) is 34.8 Å². The molecule has 0 saturated heterocycles. The van der Waals surface area contributed by atoms with Crippen LogP contribution in [-0.4, -0.2) is 11.5 Å². The number of nitrogens with one attached hydrogen (secondary N) is 1. The highest BCUT2D eigenvalue weighted by Crippen LogP contribution is 2.25. The van der Waals surface area contributed by atoms with Crippen molar-refractivity contribution in [1.29, 1.82) is 0 Å². The molecule has 3 nitrogen and oxygen atoms in total. The molecule has 2 aromatic rings. The van der Waals surface area contributed by atoms with Crippen molar-refractivity contribution in [2.75, 3.05) is 6.54 Å². The third-order valence-electron chi connectivity index (χ3n) is 3.03. The van der Waals surface area contributed by atoms with Crippen LogP contribution >= 0.6 is 15.9 Å². The van der Waals surface area contributed by atoms with Gasteiger partial charge in [0.1, 0.15) is 11.6 Å². The van der Waals surface area contributed by atoms with E-state index in [1.54, 1.807) is 12.1 Å². The first-order valence-corrected chi connectivity index (χ1v) is 7.69. The minimum absolute atomic E-state index is 0.316. The van der Waals surface area contributed by atoms with Gasteiger partial charge in [0.2, 0.25) is 5.88 Å². The van der Waals surface area contributed by atoms with Gasteiger partial charge in [-0.15, -0.1) is 0 Å². The van der Waals surface area contributed by atoms with Crippen LogP contribution in [0.5, 0.6) is 11.6 Å². The van der Waals surface area contributed by atoms with Crippen molar-refractivity contribution in [2.24, 2.45) is 0 Å². The zero-order chi connectivity index (χ0) is 15.2. The number of nitrogens with zero attached hydrogens (tertiary/aromatic N) is 1. The highest BCUT2D eigenvalue weighted by atomic mass is 79.9. The molecule has 0 aliphatic heterocycles. The minimum atomic E-state index is -0.316. The number of pyridine rings is 1. The van der Waals surface area contributed by atoms with Gasteiger partial charge in [-0.2, -0.15) is 0 Å². The molecule has 1 aromatic heterocycles. The van der Waals surface area contributed by atoms with Crippen molar-refractivity contribution in [1.82, 2.24) is 10.3 Å². The highest BCUT2D eigenvalue weighted by molar-refractivity contribution is 9.10. The average Bonchev–Trinajstić information content (AvgIpc) is 2.45. The second kappa shape index (κ2) is 7.52. The van der Waals surface area contributed by atoms with Crippen LogP contribution in [0, 0.1) is 12.7 Å². The molecular formula is C16H18BrFN2O. The molecule has 0 amide bonds. The predicted molar refractivity (Wildman–Crippen MR) is 85.1 cm³/mol. The first-order chi connectivity index (χ1) is 10.1. The molecule has 0 fully saturated rings. The summed E-state index contributed by atoms with van der Waals surface area (Å²) in [5.41, 5.74) is 2.08. The van der Waals surface area contributed by atoms with Crippen LogP contribution in [0.25, 0.3) is 0 Å². The number of aromatic nitrogens is 1. The fraction of sp³-hybridized carbons (Fsp3) is 0.312. The van der Waals surface area contributed by atoms with Crippen molar-refractivity contribution in [2.45, 2.75) is 26.8 Å². The van der Waals surface area contributed by atoms with E-state index in [1.807, 2.05) is 19.1 Å². The Hall–Kier alpha value is -1.46. The summed E-state index contributed by atoms with van der Waals surface area (Å²) < 4.78 is 19.2. The number of rotatable bonds is 6. The van der Waals surface area contributed by atoms with Crippen molar-refractivity contribution in [3.8, 4) is 11.6 Å². The molecule has 0 spiro atoms. The molecule has 0 bridgehead atoms. The van der Waals surface area contributed by atoms with E-state index in [0.29, 0.717) is 16.1 Å². The van der Waals surface area contributed by atoms with Crippen molar-refractivity contribution < 1.29 is 9.13 Å². The highest BCUT2D eigenvalue weighted by Gasteiger charge is 2.06. The standard InChI is InChI=1S/C16H18BrFN2O/c1-3-8-19-10-12-4-7-16(20-11(12)2)21-13-5-6-15(18)14(17)9-13/h4-7,9,19H,3,8,10H2,1-2H3. The summed E-state index contributed by atoms with van der Waals surface area (Å²) in [6.45, 7) is 5.88. The van der Waals surface area contributed by atoms with Gasteiger partial charge in [0.05, 0.1) is 4.47 Å². The lowest BCUT2D eigenvalue weighted by Crippen LogP contribution is -2.15. The Morgan fingerprint density at radius 3 is 2.76 bits per heavy atom. The Morgan fingerprint density at radius 2 is 2.10 bits per heavy atom. The molecule has 21 heavy (non-hydrogen) atoms. The molecule has 0 radical (unpaired) electrons. The van der Waals surface area contributed by atoms with Crippen molar-refractivity contribution >= 4 is 15.9 Å². The summed E-state index contributed by atoms with van der Waals surface area (Å²) >= 11 is 3.14. The first kappa shape index (κ1) is 15.9. The molecule has 1 heterocycles. The number of aryl methyl sites for hydroxylation is 1. The summed E-state index contributed by atoms with van der Waals surface area (Å²) in [7, 11) is 0. The Morgan fingerprint density at radius 1 is 1.29 bits per heavy atom. The smallest absolute Gasteiger partial charge is 0.219 e. The second-order valence-electron chi connectivity index (χ2n) is 4.75. The molecule has 1 aromatic carbocycles. The van der Waals surface area contributed by atoms with Gasteiger partial charge >= 0.3 is 0 Å².